The minimum atomic E-state index is -3.72. The van der Waals surface area contributed by atoms with Crippen LogP contribution in [0.1, 0.15) is 42.9 Å². The van der Waals surface area contributed by atoms with Crippen LogP contribution in [0.5, 0.6) is 0 Å². The summed E-state index contributed by atoms with van der Waals surface area (Å²) in [6.07, 6.45) is 3.92. The van der Waals surface area contributed by atoms with Crippen LogP contribution in [-0.2, 0) is 39.0 Å². The average molecular weight is 525 g/mol. The van der Waals surface area contributed by atoms with Crippen molar-refractivity contribution in [3.8, 4) is 0 Å². The lowest BCUT2D eigenvalue weighted by Gasteiger charge is -2.33. The number of nitrogens with zero attached hydrogens (tertiary/aromatic N) is 3. The minimum Gasteiger partial charge on any atom is -0.355 e. The van der Waals surface area contributed by atoms with E-state index in [1.165, 1.54) is 22.4 Å². The van der Waals surface area contributed by atoms with Gasteiger partial charge in [-0.15, -0.1) is 0 Å². The van der Waals surface area contributed by atoms with Gasteiger partial charge in [0.2, 0.25) is 21.8 Å². The molecule has 2 aromatic rings. The molecule has 1 atom stereocenters. The van der Waals surface area contributed by atoms with Crippen molar-refractivity contribution >= 4 is 27.5 Å². The molecule has 3 heterocycles. The molecule has 9 heteroatoms. The highest BCUT2D eigenvalue weighted by Crippen LogP contribution is 2.31. The van der Waals surface area contributed by atoms with Crippen LogP contribution in [0.3, 0.4) is 0 Å². The van der Waals surface area contributed by atoms with E-state index in [0.29, 0.717) is 32.5 Å². The second-order valence-corrected chi connectivity index (χ2v) is 12.3. The Morgan fingerprint density at radius 2 is 1.78 bits per heavy atom. The quantitative estimate of drug-likeness (QED) is 0.627. The summed E-state index contributed by atoms with van der Waals surface area (Å²) in [4.78, 5) is 29.2. The number of aryl methyl sites for hydroxylation is 1. The number of sulfonamides is 1. The largest absolute Gasteiger partial charge is 0.355 e. The van der Waals surface area contributed by atoms with Crippen molar-refractivity contribution < 1.29 is 18.0 Å². The molecule has 0 aliphatic carbocycles. The standard InChI is InChI=1S/C28H36N4O4S/c1-21(33)32-15-5-8-23-18-26(10-11-27(23)32)37(35,36)31-14-4-9-25(20-31)28(34)29-13-17-30-16-12-22-6-2-3-7-24(22)19-30/h2-3,6-7,10-11,18,25H,4-5,8-9,12-17,19-20H2,1H3,(H,29,34)/t25-/m0/s1. The van der Waals surface area contributed by atoms with Gasteiger partial charge in [0.05, 0.1) is 10.8 Å². The Labute approximate surface area is 219 Å². The van der Waals surface area contributed by atoms with Crippen molar-refractivity contribution in [1.82, 2.24) is 14.5 Å². The van der Waals surface area contributed by atoms with Crippen LogP contribution in [0.4, 0.5) is 5.69 Å². The highest BCUT2D eigenvalue weighted by Gasteiger charge is 2.34. The summed E-state index contributed by atoms with van der Waals surface area (Å²) in [5.74, 6) is -0.456. The summed E-state index contributed by atoms with van der Waals surface area (Å²) in [6.45, 7) is 6.01. The minimum absolute atomic E-state index is 0.0356. The Morgan fingerprint density at radius 3 is 2.59 bits per heavy atom. The molecular formula is C28H36N4O4S. The fourth-order valence-corrected chi connectivity index (χ4v) is 7.39. The van der Waals surface area contributed by atoms with E-state index < -0.39 is 10.0 Å². The molecule has 37 heavy (non-hydrogen) atoms. The van der Waals surface area contributed by atoms with Crippen molar-refractivity contribution in [2.75, 3.05) is 44.2 Å². The SMILES string of the molecule is CC(=O)N1CCCc2cc(S(=O)(=O)N3CCC[C@H](C(=O)NCCN4CCc5ccccc5C4)C3)ccc21. The second kappa shape index (κ2) is 10.9. The summed E-state index contributed by atoms with van der Waals surface area (Å²) in [5, 5.41) is 3.05. The lowest BCUT2D eigenvalue weighted by molar-refractivity contribution is -0.126. The van der Waals surface area contributed by atoms with Gasteiger partial charge in [-0.3, -0.25) is 14.5 Å². The molecule has 0 saturated carbocycles. The van der Waals surface area contributed by atoms with Crippen LogP contribution in [-0.4, -0.2) is 68.7 Å². The van der Waals surface area contributed by atoms with Crippen molar-refractivity contribution in [3.05, 3.63) is 59.2 Å². The lowest BCUT2D eigenvalue weighted by atomic mass is 9.98. The number of nitrogens with one attached hydrogen (secondary N) is 1. The molecular weight excluding hydrogens is 488 g/mol. The van der Waals surface area contributed by atoms with E-state index in [0.717, 1.165) is 50.1 Å². The number of hydrogen-bond donors (Lipinski definition) is 1. The molecule has 0 radical (unpaired) electrons. The van der Waals surface area contributed by atoms with E-state index in [9.17, 15) is 18.0 Å². The Kier molecular flexibility index (Phi) is 7.65. The van der Waals surface area contributed by atoms with Crippen molar-refractivity contribution in [3.63, 3.8) is 0 Å². The van der Waals surface area contributed by atoms with E-state index in [1.807, 2.05) is 0 Å². The van der Waals surface area contributed by atoms with E-state index in [-0.39, 0.29) is 29.2 Å². The molecule has 1 saturated heterocycles. The predicted octanol–water partition coefficient (Wildman–Crippen LogP) is 2.56. The molecule has 5 rings (SSSR count). The van der Waals surface area contributed by atoms with Gasteiger partial charge in [-0.05, 0) is 67.0 Å². The van der Waals surface area contributed by atoms with E-state index in [4.69, 9.17) is 0 Å². The van der Waals surface area contributed by atoms with E-state index in [2.05, 4.69) is 34.5 Å². The first-order valence-corrected chi connectivity index (χ1v) is 14.7. The summed E-state index contributed by atoms with van der Waals surface area (Å²) in [7, 11) is -3.72. The molecule has 0 bridgehead atoms. The van der Waals surface area contributed by atoms with Crippen LogP contribution in [0.25, 0.3) is 0 Å². The highest BCUT2D eigenvalue weighted by atomic mass is 32.2. The van der Waals surface area contributed by atoms with Crippen molar-refractivity contribution in [2.24, 2.45) is 5.92 Å². The van der Waals surface area contributed by atoms with Gasteiger partial charge in [-0.25, -0.2) is 8.42 Å². The topological polar surface area (TPSA) is 90.0 Å². The zero-order valence-corrected chi connectivity index (χ0v) is 22.3. The number of rotatable bonds is 6. The molecule has 8 nitrogen and oxygen atoms in total. The van der Waals surface area contributed by atoms with Gasteiger partial charge in [-0.1, -0.05) is 24.3 Å². The third-order valence-electron chi connectivity index (χ3n) is 7.88. The van der Waals surface area contributed by atoms with E-state index in [1.54, 1.807) is 23.1 Å². The Bertz CT molecular complexity index is 1280. The second-order valence-electron chi connectivity index (χ2n) is 10.4. The van der Waals surface area contributed by atoms with Gasteiger partial charge in [0.15, 0.2) is 0 Å². The van der Waals surface area contributed by atoms with Gasteiger partial charge in [0.1, 0.15) is 0 Å². The van der Waals surface area contributed by atoms with Crippen LogP contribution in [0.15, 0.2) is 47.4 Å². The lowest BCUT2D eigenvalue weighted by Crippen LogP contribution is -2.46. The molecule has 2 amide bonds. The van der Waals surface area contributed by atoms with Gasteiger partial charge >= 0.3 is 0 Å². The zero-order valence-electron chi connectivity index (χ0n) is 21.5. The van der Waals surface area contributed by atoms with Gasteiger partial charge in [0, 0.05) is 58.4 Å². The number of amides is 2. The fourth-order valence-electron chi connectivity index (χ4n) is 5.81. The number of anilines is 1. The number of carbonyl (C=O) groups excluding carboxylic acids is 2. The van der Waals surface area contributed by atoms with Gasteiger partial charge in [0.25, 0.3) is 0 Å². The fraction of sp³-hybridized carbons (Fsp3) is 0.500. The maximum atomic E-state index is 13.5. The number of benzene rings is 2. The van der Waals surface area contributed by atoms with Crippen LogP contribution >= 0.6 is 0 Å². The third kappa shape index (κ3) is 5.58. The third-order valence-corrected chi connectivity index (χ3v) is 9.74. The van der Waals surface area contributed by atoms with Gasteiger partial charge < -0.3 is 10.2 Å². The molecule has 3 aliphatic rings. The number of carbonyl (C=O) groups is 2. The molecule has 2 aromatic carbocycles. The highest BCUT2D eigenvalue weighted by molar-refractivity contribution is 7.89. The number of hydrogen-bond acceptors (Lipinski definition) is 5. The predicted molar refractivity (Wildman–Crippen MR) is 143 cm³/mol. The Morgan fingerprint density at radius 1 is 0.973 bits per heavy atom. The van der Waals surface area contributed by atoms with Crippen LogP contribution < -0.4 is 10.2 Å². The monoisotopic (exact) mass is 524 g/mol. The maximum absolute atomic E-state index is 13.5. The Hall–Kier alpha value is -2.75. The van der Waals surface area contributed by atoms with Crippen molar-refractivity contribution in [2.45, 2.75) is 50.5 Å². The van der Waals surface area contributed by atoms with Crippen LogP contribution in [0, 0.1) is 5.92 Å². The van der Waals surface area contributed by atoms with Gasteiger partial charge in [-0.2, -0.15) is 4.31 Å². The summed E-state index contributed by atoms with van der Waals surface area (Å²) in [6, 6.07) is 13.5. The summed E-state index contributed by atoms with van der Waals surface area (Å²) < 4.78 is 28.4. The smallest absolute Gasteiger partial charge is 0.243 e. The number of fused-ring (bicyclic) bond motifs is 2. The first-order valence-electron chi connectivity index (χ1n) is 13.3. The first-order chi connectivity index (χ1) is 17.8. The molecule has 0 spiro atoms. The molecule has 0 unspecified atom stereocenters. The maximum Gasteiger partial charge on any atom is 0.243 e. The Balaban J connectivity index is 1.18. The molecule has 1 fully saturated rings. The molecule has 0 aromatic heterocycles. The number of piperidine rings is 1. The van der Waals surface area contributed by atoms with Crippen molar-refractivity contribution in [1.29, 1.82) is 0 Å². The molecule has 1 N–H and O–H groups in total. The summed E-state index contributed by atoms with van der Waals surface area (Å²) >= 11 is 0. The molecule has 3 aliphatic heterocycles. The summed E-state index contributed by atoms with van der Waals surface area (Å²) in [5.41, 5.74) is 4.44. The van der Waals surface area contributed by atoms with E-state index >= 15 is 0 Å². The first kappa shape index (κ1) is 25.9. The normalized spacial score (nSPS) is 20.7. The molecule has 198 valence electrons. The van der Waals surface area contributed by atoms with Crippen LogP contribution in [0.2, 0.25) is 0 Å². The zero-order chi connectivity index (χ0) is 26.0. The average Bonchev–Trinajstić information content (AvgIpc) is 2.92.